The van der Waals surface area contributed by atoms with E-state index in [2.05, 4.69) is 5.32 Å². The van der Waals surface area contributed by atoms with Gasteiger partial charge in [-0.3, -0.25) is 28.9 Å². The van der Waals surface area contributed by atoms with Crippen molar-refractivity contribution >= 4 is 34.7 Å². The van der Waals surface area contributed by atoms with E-state index < -0.39 is 64.4 Å². The molecule has 12 nitrogen and oxygen atoms in total. The third kappa shape index (κ3) is 4.76. The molecule has 3 aliphatic carbocycles. The van der Waals surface area contributed by atoms with Crippen molar-refractivity contribution in [2.24, 2.45) is 29.4 Å². The number of likely N-dealkylation sites (N-methyl/N-ethyl adjacent to an activating group) is 1. The molecule has 5 rings (SSSR count). The fraction of sp³-hybridized carbons (Fsp3) is 0.531. The standard InChI is InChI=1S/C32H40N4O8/c1-31(2,3)34-13-15-8-9-20(44-15)17-12-19(35(4)5)16-10-14-11-18-24(36(6)7)27(39)23(30(33)42)29(41)32(18,43)28(40)21(14)26(38)22(16)25(17)37/h8-9,12,14,18,21,23-24,34,37,43H,10-11,13H2,1-7H3,(H2,33,42)/t14-,18-,21?,23?,24?,32-/m0/s1. The van der Waals surface area contributed by atoms with Gasteiger partial charge in [-0.1, -0.05) is 0 Å². The number of aliphatic hydroxyl groups is 1. The Morgan fingerprint density at radius 3 is 2.34 bits per heavy atom. The highest BCUT2D eigenvalue weighted by molar-refractivity contribution is 6.32. The number of carbonyl (C=O) groups excluding carboxylic acids is 5. The molecule has 6 atom stereocenters. The number of hydrogen-bond donors (Lipinski definition) is 4. The summed E-state index contributed by atoms with van der Waals surface area (Å²) in [6.45, 7) is 6.50. The molecule has 2 fully saturated rings. The van der Waals surface area contributed by atoms with E-state index in [0.717, 1.165) is 0 Å². The Labute approximate surface area is 255 Å². The van der Waals surface area contributed by atoms with Gasteiger partial charge in [-0.2, -0.15) is 0 Å². The van der Waals surface area contributed by atoms with E-state index in [1.54, 1.807) is 51.3 Å². The maximum absolute atomic E-state index is 14.2. The summed E-state index contributed by atoms with van der Waals surface area (Å²) in [5, 5.41) is 26.7. The second-order valence-electron chi connectivity index (χ2n) is 13.7. The minimum Gasteiger partial charge on any atom is -0.506 e. The molecule has 3 aliphatic rings. The van der Waals surface area contributed by atoms with E-state index in [0.29, 0.717) is 29.3 Å². The van der Waals surface area contributed by atoms with Crippen molar-refractivity contribution in [2.45, 2.75) is 57.3 Å². The van der Waals surface area contributed by atoms with Crippen LogP contribution in [0.15, 0.2) is 22.6 Å². The molecule has 5 N–H and O–H groups in total. The van der Waals surface area contributed by atoms with Crippen LogP contribution in [0.5, 0.6) is 5.75 Å². The number of phenolic OH excluding ortho intramolecular Hbond substituents is 1. The minimum atomic E-state index is -2.77. The minimum absolute atomic E-state index is 0.0123. The van der Waals surface area contributed by atoms with Gasteiger partial charge in [-0.05, 0) is 77.4 Å². The Morgan fingerprint density at radius 2 is 1.77 bits per heavy atom. The summed E-state index contributed by atoms with van der Waals surface area (Å²) in [5.74, 6) is -9.91. The number of aromatic hydroxyl groups is 1. The third-order valence-electron chi connectivity index (χ3n) is 9.24. The molecule has 0 spiro atoms. The number of nitrogens with zero attached hydrogens (tertiary/aromatic N) is 2. The van der Waals surface area contributed by atoms with Crippen LogP contribution < -0.4 is 16.0 Å². The van der Waals surface area contributed by atoms with Gasteiger partial charge in [-0.15, -0.1) is 0 Å². The first kappa shape index (κ1) is 31.6. The molecule has 0 bridgehead atoms. The van der Waals surface area contributed by atoms with Crippen molar-refractivity contribution in [1.82, 2.24) is 10.2 Å². The molecule has 0 radical (unpaired) electrons. The Morgan fingerprint density at radius 1 is 1.11 bits per heavy atom. The summed E-state index contributed by atoms with van der Waals surface area (Å²) in [6, 6.07) is 4.05. The summed E-state index contributed by atoms with van der Waals surface area (Å²) in [4.78, 5) is 70.7. The molecule has 12 heteroatoms. The molecular weight excluding hydrogens is 568 g/mol. The smallest absolute Gasteiger partial charge is 0.235 e. The van der Waals surface area contributed by atoms with Crippen LogP contribution in [0.1, 0.15) is 48.9 Å². The van der Waals surface area contributed by atoms with Crippen LogP contribution >= 0.6 is 0 Å². The van der Waals surface area contributed by atoms with E-state index in [9.17, 15) is 34.2 Å². The van der Waals surface area contributed by atoms with E-state index >= 15 is 0 Å². The molecule has 1 heterocycles. The van der Waals surface area contributed by atoms with Crippen molar-refractivity contribution in [3.8, 4) is 17.1 Å². The summed E-state index contributed by atoms with van der Waals surface area (Å²) < 4.78 is 6.03. The number of fused-ring (bicyclic) bond motifs is 3. The second-order valence-corrected chi connectivity index (χ2v) is 13.7. The topological polar surface area (TPSA) is 183 Å². The molecule has 3 unspecified atom stereocenters. The highest BCUT2D eigenvalue weighted by Gasteiger charge is 2.69. The second kappa shape index (κ2) is 10.6. The monoisotopic (exact) mass is 608 g/mol. The number of primary amides is 1. The van der Waals surface area contributed by atoms with Crippen LogP contribution in [0.25, 0.3) is 11.3 Å². The van der Waals surface area contributed by atoms with E-state index in [4.69, 9.17) is 10.2 Å². The Kier molecular flexibility index (Phi) is 7.63. The number of rotatable bonds is 6. The SMILES string of the molecule is CN(C)c1cc(-c2ccc(CNC(C)(C)C)o2)c(O)c2c1C[C@H]1C[C@H]3C(N(C)C)C(=O)C(C(N)=O)C(=O)[C@@]3(O)C(=O)C1C2=O. The number of benzene rings is 1. The number of ketones is 4. The van der Waals surface area contributed by atoms with E-state index in [1.807, 2.05) is 20.8 Å². The van der Waals surface area contributed by atoms with Crippen LogP contribution in [0, 0.1) is 23.7 Å². The molecule has 236 valence electrons. The van der Waals surface area contributed by atoms with Crippen LogP contribution in [0.4, 0.5) is 5.69 Å². The van der Waals surface area contributed by atoms with Crippen molar-refractivity contribution in [1.29, 1.82) is 0 Å². The summed E-state index contributed by atoms with van der Waals surface area (Å²) in [5.41, 5.74) is 3.79. The first-order valence-corrected chi connectivity index (χ1v) is 14.6. The molecule has 2 saturated carbocycles. The summed E-state index contributed by atoms with van der Waals surface area (Å²) >= 11 is 0. The zero-order valence-electron chi connectivity index (χ0n) is 26.1. The highest BCUT2D eigenvalue weighted by Crippen LogP contribution is 2.53. The number of carbonyl (C=O) groups is 5. The summed E-state index contributed by atoms with van der Waals surface area (Å²) in [7, 11) is 6.70. The van der Waals surface area contributed by atoms with Gasteiger partial charge < -0.3 is 30.6 Å². The van der Waals surface area contributed by atoms with Gasteiger partial charge in [0.25, 0.3) is 0 Å². The number of hydrogen-bond acceptors (Lipinski definition) is 11. The fourth-order valence-corrected chi connectivity index (χ4v) is 7.21. The molecule has 1 aromatic heterocycles. The van der Waals surface area contributed by atoms with Gasteiger partial charge in [0, 0.05) is 31.2 Å². The van der Waals surface area contributed by atoms with Crippen LogP contribution in [0.3, 0.4) is 0 Å². The molecular formula is C32H40N4O8. The number of Topliss-reactive ketones (excluding diaryl/α,β-unsaturated/α-hetero) is 4. The number of nitrogens with two attached hydrogens (primary N) is 1. The third-order valence-corrected chi connectivity index (χ3v) is 9.24. The van der Waals surface area contributed by atoms with Gasteiger partial charge in [0.1, 0.15) is 17.3 Å². The van der Waals surface area contributed by atoms with Crippen LogP contribution in [-0.2, 0) is 32.1 Å². The average Bonchev–Trinajstić information content (AvgIpc) is 3.37. The van der Waals surface area contributed by atoms with E-state index in [1.165, 1.54) is 4.90 Å². The lowest BCUT2D eigenvalue weighted by Gasteiger charge is -2.52. The molecule has 1 amide bonds. The number of nitrogens with one attached hydrogen (secondary N) is 1. The van der Waals surface area contributed by atoms with Crippen LogP contribution in [-0.4, -0.2) is 89.5 Å². The maximum atomic E-state index is 14.2. The zero-order valence-corrected chi connectivity index (χ0v) is 26.1. The Hall–Kier alpha value is -3.87. The Bertz CT molecular complexity index is 1580. The quantitative estimate of drug-likeness (QED) is 0.344. The molecule has 44 heavy (non-hydrogen) atoms. The molecule has 1 aromatic carbocycles. The summed E-state index contributed by atoms with van der Waals surface area (Å²) in [6.07, 6.45) is 0.160. The normalized spacial score (nSPS) is 28.5. The average molecular weight is 609 g/mol. The van der Waals surface area contributed by atoms with Crippen molar-refractivity contribution in [3.63, 3.8) is 0 Å². The number of anilines is 1. The number of furan rings is 1. The lowest BCUT2D eigenvalue weighted by atomic mass is 9.52. The first-order valence-electron chi connectivity index (χ1n) is 14.6. The van der Waals surface area contributed by atoms with Crippen molar-refractivity contribution in [3.05, 3.63) is 35.1 Å². The predicted molar refractivity (Wildman–Crippen MR) is 160 cm³/mol. The van der Waals surface area contributed by atoms with Gasteiger partial charge in [0.2, 0.25) is 5.91 Å². The van der Waals surface area contributed by atoms with Gasteiger partial charge >= 0.3 is 0 Å². The van der Waals surface area contributed by atoms with Gasteiger partial charge in [-0.25, -0.2) is 0 Å². The highest BCUT2D eigenvalue weighted by atomic mass is 16.3. The van der Waals surface area contributed by atoms with Crippen LogP contribution in [0.2, 0.25) is 0 Å². The van der Waals surface area contributed by atoms with Crippen molar-refractivity contribution in [2.75, 3.05) is 33.1 Å². The Balaban J connectivity index is 1.62. The largest absolute Gasteiger partial charge is 0.506 e. The van der Waals surface area contributed by atoms with Crippen molar-refractivity contribution < 1.29 is 38.6 Å². The number of phenols is 1. The molecule has 0 aliphatic heterocycles. The van der Waals surface area contributed by atoms with Gasteiger partial charge in [0.15, 0.2) is 34.7 Å². The zero-order chi connectivity index (χ0) is 32.6. The number of amides is 1. The molecule has 0 saturated heterocycles. The fourth-order valence-electron chi connectivity index (χ4n) is 7.21. The first-order chi connectivity index (χ1) is 20.4. The van der Waals surface area contributed by atoms with E-state index in [-0.39, 0.29) is 35.3 Å². The van der Waals surface area contributed by atoms with Gasteiger partial charge in [0.05, 0.1) is 29.6 Å². The maximum Gasteiger partial charge on any atom is 0.235 e. The lowest BCUT2D eigenvalue weighted by Crippen LogP contribution is -2.74. The molecule has 2 aromatic rings. The lowest BCUT2D eigenvalue weighted by molar-refractivity contribution is -0.181. The predicted octanol–water partition coefficient (Wildman–Crippen LogP) is 1.08.